The summed E-state index contributed by atoms with van der Waals surface area (Å²) in [4.78, 5) is 20.0. The van der Waals surface area contributed by atoms with E-state index < -0.39 is 21.9 Å². The molecule has 0 spiro atoms. The lowest BCUT2D eigenvalue weighted by Crippen LogP contribution is -2.41. The highest BCUT2D eigenvalue weighted by molar-refractivity contribution is 7.92. The lowest BCUT2D eigenvalue weighted by molar-refractivity contribution is 0.00515. The molecule has 0 saturated heterocycles. The summed E-state index contributed by atoms with van der Waals surface area (Å²) in [5, 5.41) is 28.9. The zero-order valence-corrected chi connectivity index (χ0v) is 24.3. The largest absolute Gasteiger partial charge is 0.390 e. The van der Waals surface area contributed by atoms with Crippen LogP contribution in [0.5, 0.6) is 0 Å². The highest BCUT2D eigenvalue weighted by atomic mass is 32.2. The number of rotatable bonds is 8. The van der Waals surface area contributed by atoms with Crippen molar-refractivity contribution >= 4 is 33.1 Å². The van der Waals surface area contributed by atoms with Crippen LogP contribution in [0.15, 0.2) is 24.4 Å². The van der Waals surface area contributed by atoms with E-state index >= 15 is 0 Å². The maximum Gasteiger partial charge on any atom is 0.256 e. The second-order valence-electron chi connectivity index (χ2n) is 12.2. The molecule has 2 fully saturated rings. The van der Waals surface area contributed by atoms with Crippen molar-refractivity contribution < 1.29 is 23.4 Å². The molecule has 6 rings (SSSR count). The molecule has 12 nitrogen and oxygen atoms in total. The molecule has 2 aromatic heterocycles. The number of nitrogens with one attached hydrogen (secondary N) is 2. The Kier molecular flexibility index (Phi) is 6.76. The van der Waals surface area contributed by atoms with E-state index in [9.17, 15) is 23.4 Å². The molecular formula is C28H37N7O5S. The molecule has 3 heterocycles. The molecular weight excluding hydrogens is 546 g/mol. The van der Waals surface area contributed by atoms with Crippen molar-refractivity contribution in [3.63, 3.8) is 0 Å². The Bertz CT molecular complexity index is 1620. The van der Waals surface area contributed by atoms with Crippen LogP contribution in [0.1, 0.15) is 80.1 Å². The number of sulfonamides is 1. The summed E-state index contributed by atoms with van der Waals surface area (Å²) in [7, 11) is -3.66. The number of nitrogens with zero attached hydrogens (tertiary/aromatic N) is 4. The third kappa shape index (κ3) is 5.51. The van der Waals surface area contributed by atoms with Gasteiger partial charge in [-0.1, -0.05) is 0 Å². The van der Waals surface area contributed by atoms with E-state index in [0.29, 0.717) is 66.2 Å². The van der Waals surface area contributed by atoms with Crippen molar-refractivity contribution in [1.29, 1.82) is 0 Å². The second-order valence-corrected chi connectivity index (χ2v) is 13.9. The molecule has 1 unspecified atom stereocenters. The fourth-order valence-corrected chi connectivity index (χ4v) is 6.73. The number of amides is 1. The molecule has 1 aromatic carbocycles. The molecule has 220 valence electrons. The summed E-state index contributed by atoms with van der Waals surface area (Å²) in [6.45, 7) is 4.26. The number of hydrogen-bond donors (Lipinski definition) is 5. The molecule has 0 radical (unpaired) electrons. The van der Waals surface area contributed by atoms with Crippen LogP contribution in [0.2, 0.25) is 0 Å². The van der Waals surface area contributed by atoms with Crippen LogP contribution in [0.25, 0.3) is 16.9 Å². The minimum Gasteiger partial charge on any atom is -0.390 e. The fourth-order valence-electron chi connectivity index (χ4n) is 6.17. The normalized spacial score (nSPS) is 24.5. The summed E-state index contributed by atoms with van der Waals surface area (Å²) in [6.07, 6.45) is 6.48. The number of hydrogen-bond acceptors (Lipinski definition) is 9. The topological polar surface area (TPSA) is 175 Å². The molecule has 1 amide bonds. The summed E-state index contributed by atoms with van der Waals surface area (Å²) in [5.41, 5.74) is 8.69. The zero-order chi connectivity index (χ0) is 29.3. The number of benzene rings is 1. The maximum absolute atomic E-state index is 13.4. The van der Waals surface area contributed by atoms with Gasteiger partial charge in [0.15, 0.2) is 11.5 Å². The number of aliphatic hydroxyl groups is 2. The van der Waals surface area contributed by atoms with Crippen molar-refractivity contribution in [3.8, 4) is 11.3 Å². The molecule has 41 heavy (non-hydrogen) atoms. The summed E-state index contributed by atoms with van der Waals surface area (Å²) >= 11 is 0. The van der Waals surface area contributed by atoms with Crippen LogP contribution in [0, 0.1) is 5.92 Å². The second kappa shape index (κ2) is 9.93. The Morgan fingerprint density at radius 3 is 2.56 bits per heavy atom. The third-order valence-electron chi connectivity index (χ3n) is 8.70. The smallest absolute Gasteiger partial charge is 0.256 e. The quantitative estimate of drug-likeness (QED) is 0.249. The van der Waals surface area contributed by atoms with E-state index in [4.69, 9.17) is 10.7 Å². The third-order valence-corrected chi connectivity index (χ3v) is 9.29. The molecule has 0 bridgehead atoms. The van der Waals surface area contributed by atoms with E-state index in [-0.39, 0.29) is 29.5 Å². The average molecular weight is 584 g/mol. The summed E-state index contributed by atoms with van der Waals surface area (Å²) in [6, 6.07) is 5.31. The van der Waals surface area contributed by atoms with Gasteiger partial charge in [-0.3, -0.25) is 14.8 Å². The SMILES string of the molecule is C[C@@H](C1CC1)N1Cc2cc(-c3ccn4nc(N)c(C(O)NC5CCC(C)(O)CC5)c4n3)cc(NS(C)(=O)=O)c2C1=O. The van der Waals surface area contributed by atoms with Gasteiger partial charge >= 0.3 is 0 Å². The monoisotopic (exact) mass is 583 g/mol. The van der Waals surface area contributed by atoms with Crippen LogP contribution >= 0.6 is 0 Å². The van der Waals surface area contributed by atoms with E-state index in [0.717, 1.165) is 24.7 Å². The Balaban J connectivity index is 1.35. The summed E-state index contributed by atoms with van der Waals surface area (Å²) in [5.74, 6) is 0.432. The highest BCUT2D eigenvalue weighted by Crippen LogP contribution is 2.41. The van der Waals surface area contributed by atoms with Gasteiger partial charge < -0.3 is 20.8 Å². The Morgan fingerprint density at radius 2 is 1.90 bits per heavy atom. The molecule has 1 aliphatic heterocycles. The van der Waals surface area contributed by atoms with E-state index in [2.05, 4.69) is 15.1 Å². The van der Waals surface area contributed by atoms with Crippen LogP contribution in [0.3, 0.4) is 0 Å². The Hall–Kier alpha value is -3.26. The number of nitrogen functional groups attached to an aromatic ring is 1. The number of aromatic nitrogens is 3. The molecule has 2 atom stereocenters. The van der Waals surface area contributed by atoms with Crippen LogP contribution in [-0.2, 0) is 16.6 Å². The van der Waals surface area contributed by atoms with Gasteiger partial charge in [0.05, 0.1) is 34.4 Å². The maximum atomic E-state index is 13.4. The first-order chi connectivity index (χ1) is 19.3. The van der Waals surface area contributed by atoms with E-state index in [1.165, 1.54) is 4.52 Å². The van der Waals surface area contributed by atoms with Crippen LogP contribution in [0.4, 0.5) is 11.5 Å². The first-order valence-electron chi connectivity index (χ1n) is 14.1. The first kappa shape index (κ1) is 27.9. The van der Waals surface area contributed by atoms with E-state index in [1.807, 2.05) is 24.8 Å². The number of anilines is 2. The number of nitrogens with two attached hydrogens (primary N) is 1. The average Bonchev–Trinajstić information content (AvgIpc) is 3.61. The number of fused-ring (bicyclic) bond motifs is 2. The summed E-state index contributed by atoms with van der Waals surface area (Å²) < 4.78 is 28.6. The lowest BCUT2D eigenvalue weighted by Gasteiger charge is -2.34. The standard InChI is InChI=1S/C28H37N7O5S/c1-15(16-4-5-16)34-14-18-12-17(13-21(22(18)27(34)37)33-41(3,39)40)20-8-11-35-25(31-20)23(24(29)32-35)26(36)30-19-6-9-28(2,38)10-7-19/h8,11-13,15-16,19,26,30,33,36,38H,4-7,9-10,14H2,1-3H3,(H2,29,32)/t15-,19?,26?,28?/m0/s1. The first-order valence-corrected chi connectivity index (χ1v) is 16.0. The Labute approximate surface area is 239 Å². The highest BCUT2D eigenvalue weighted by Gasteiger charge is 2.40. The lowest BCUT2D eigenvalue weighted by atomic mass is 9.83. The van der Waals surface area contributed by atoms with Crippen molar-refractivity contribution in [3.05, 3.63) is 41.1 Å². The zero-order valence-electron chi connectivity index (χ0n) is 23.5. The predicted octanol–water partition coefficient (Wildman–Crippen LogP) is 2.38. The molecule has 6 N–H and O–H groups in total. The fraction of sp³-hybridized carbons (Fsp3) is 0.536. The van der Waals surface area contributed by atoms with Gasteiger partial charge in [0, 0.05) is 30.4 Å². The minimum absolute atomic E-state index is 0.00241. The van der Waals surface area contributed by atoms with Gasteiger partial charge in [0.2, 0.25) is 10.0 Å². The van der Waals surface area contributed by atoms with Crippen LogP contribution in [-0.4, -0.2) is 68.0 Å². The molecule has 3 aliphatic rings. The molecule has 3 aromatic rings. The van der Waals surface area contributed by atoms with Crippen molar-refractivity contribution in [2.24, 2.45) is 5.92 Å². The van der Waals surface area contributed by atoms with Gasteiger partial charge in [-0.25, -0.2) is 17.9 Å². The van der Waals surface area contributed by atoms with Crippen molar-refractivity contribution in [1.82, 2.24) is 24.8 Å². The molecule has 2 aliphatic carbocycles. The van der Waals surface area contributed by atoms with Gasteiger partial charge in [-0.2, -0.15) is 0 Å². The molecule has 2 saturated carbocycles. The number of carbonyl (C=O) groups is 1. The predicted molar refractivity (Wildman–Crippen MR) is 154 cm³/mol. The van der Waals surface area contributed by atoms with Gasteiger partial charge in [0.25, 0.3) is 5.91 Å². The van der Waals surface area contributed by atoms with Gasteiger partial charge in [0.1, 0.15) is 6.23 Å². The number of aliphatic hydroxyl groups excluding tert-OH is 1. The van der Waals surface area contributed by atoms with Gasteiger partial charge in [-0.05, 0) is 82.1 Å². The van der Waals surface area contributed by atoms with E-state index in [1.54, 1.807) is 18.3 Å². The van der Waals surface area contributed by atoms with Crippen LogP contribution < -0.4 is 15.8 Å². The van der Waals surface area contributed by atoms with Crippen molar-refractivity contribution in [2.75, 3.05) is 16.7 Å². The Morgan fingerprint density at radius 1 is 1.20 bits per heavy atom. The number of carbonyl (C=O) groups excluding carboxylic acids is 1. The molecule has 13 heteroatoms. The van der Waals surface area contributed by atoms with Gasteiger partial charge in [-0.15, -0.1) is 5.10 Å². The minimum atomic E-state index is -3.66. The van der Waals surface area contributed by atoms with Crippen molar-refractivity contribution in [2.45, 2.75) is 82.8 Å².